The summed E-state index contributed by atoms with van der Waals surface area (Å²) in [6, 6.07) is 4.42. The minimum absolute atomic E-state index is 0.321. The average Bonchev–Trinajstić information content (AvgIpc) is 2.39. The van der Waals surface area contributed by atoms with Crippen LogP contribution in [0.1, 0.15) is 18.4 Å². The number of carboxylic acid groups (broad SMARTS) is 1. The van der Waals surface area contributed by atoms with Gasteiger partial charge in [0.1, 0.15) is 5.82 Å². The summed E-state index contributed by atoms with van der Waals surface area (Å²) in [6.07, 6.45) is 0.739. The molecule has 1 N–H and O–H groups in total. The van der Waals surface area contributed by atoms with Crippen molar-refractivity contribution in [1.82, 2.24) is 4.90 Å². The van der Waals surface area contributed by atoms with Gasteiger partial charge in [0, 0.05) is 5.56 Å². The normalized spacial score (nSPS) is 18.1. The Morgan fingerprint density at radius 3 is 2.55 bits per heavy atom. The van der Waals surface area contributed by atoms with Crippen molar-refractivity contribution in [1.29, 1.82) is 0 Å². The van der Waals surface area contributed by atoms with Crippen molar-refractivity contribution in [2.24, 2.45) is 5.92 Å². The maximum atomic E-state index is 14.1. The maximum Gasteiger partial charge on any atom is 0.306 e. The Morgan fingerprint density at radius 1 is 1.35 bits per heavy atom. The molecule has 0 bridgehead atoms. The third-order valence-corrected chi connectivity index (χ3v) is 3.61. The van der Waals surface area contributed by atoms with Crippen LogP contribution in [0.15, 0.2) is 24.3 Å². The van der Waals surface area contributed by atoms with E-state index in [-0.39, 0.29) is 5.56 Å². The van der Waals surface area contributed by atoms with Gasteiger partial charge in [0.2, 0.25) is 0 Å². The van der Waals surface area contributed by atoms with Crippen LogP contribution in [0.25, 0.3) is 0 Å². The van der Waals surface area contributed by atoms with E-state index in [1.165, 1.54) is 17.0 Å². The highest BCUT2D eigenvalue weighted by Gasteiger charge is 2.36. The fourth-order valence-electron chi connectivity index (χ4n) is 2.43. The van der Waals surface area contributed by atoms with Crippen LogP contribution >= 0.6 is 0 Å². The van der Waals surface area contributed by atoms with Crippen LogP contribution in [0.5, 0.6) is 0 Å². The number of likely N-dealkylation sites (tertiary alicyclic amines) is 1. The molecule has 0 aromatic heterocycles. The smallest absolute Gasteiger partial charge is 0.306 e. The van der Waals surface area contributed by atoms with Gasteiger partial charge in [0.05, 0.1) is 12.5 Å². The van der Waals surface area contributed by atoms with Gasteiger partial charge in [-0.1, -0.05) is 12.1 Å². The Bertz CT molecular complexity index is 485. The Kier molecular flexibility index (Phi) is 4.32. The van der Waals surface area contributed by atoms with Crippen LogP contribution in [0.4, 0.5) is 13.2 Å². The zero-order chi connectivity index (χ0) is 14.8. The van der Waals surface area contributed by atoms with E-state index in [2.05, 4.69) is 0 Å². The van der Waals surface area contributed by atoms with Crippen molar-refractivity contribution in [3.63, 3.8) is 0 Å². The molecule has 20 heavy (non-hydrogen) atoms. The van der Waals surface area contributed by atoms with Crippen molar-refractivity contribution in [2.75, 3.05) is 19.6 Å². The first-order valence-corrected chi connectivity index (χ1v) is 6.47. The van der Waals surface area contributed by atoms with Gasteiger partial charge >= 0.3 is 5.97 Å². The molecule has 1 saturated heterocycles. The van der Waals surface area contributed by atoms with Crippen molar-refractivity contribution >= 4 is 5.97 Å². The number of alkyl halides is 2. The topological polar surface area (TPSA) is 40.5 Å². The number of piperidine rings is 1. The highest BCUT2D eigenvalue weighted by atomic mass is 19.3. The summed E-state index contributed by atoms with van der Waals surface area (Å²) >= 11 is 0. The molecule has 3 nitrogen and oxygen atoms in total. The monoisotopic (exact) mass is 287 g/mol. The number of halogens is 3. The van der Waals surface area contributed by atoms with Crippen LogP contribution in [0, 0.1) is 11.7 Å². The first-order chi connectivity index (χ1) is 9.38. The number of hydrogen-bond acceptors (Lipinski definition) is 2. The van der Waals surface area contributed by atoms with Gasteiger partial charge in [0.25, 0.3) is 5.92 Å². The van der Waals surface area contributed by atoms with Crippen LogP contribution in [-0.4, -0.2) is 35.6 Å². The molecule has 1 aromatic rings. The molecule has 1 aliphatic rings. The number of carboxylic acids is 1. The number of aliphatic carboxylic acids is 1. The average molecular weight is 287 g/mol. The molecule has 1 fully saturated rings. The summed E-state index contributed by atoms with van der Waals surface area (Å²) < 4.78 is 41.1. The SMILES string of the molecule is O=C(O)C1CCN(CC(F)(F)c2cccc(F)c2)CC1. The van der Waals surface area contributed by atoms with E-state index in [0.29, 0.717) is 25.9 Å². The lowest BCUT2D eigenvalue weighted by Crippen LogP contribution is -2.42. The fourth-order valence-corrected chi connectivity index (χ4v) is 2.43. The quantitative estimate of drug-likeness (QED) is 0.925. The second kappa shape index (κ2) is 5.83. The van der Waals surface area contributed by atoms with Crippen LogP contribution in [0.2, 0.25) is 0 Å². The molecule has 1 aromatic carbocycles. The van der Waals surface area contributed by atoms with Gasteiger partial charge in [-0.25, -0.2) is 4.39 Å². The predicted molar refractivity (Wildman–Crippen MR) is 67.1 cm³/mol. The predicted octanol–water partition coefficient (Wildman–Crippen LogP) is 2.71. The van der Waals surface area contributed by atoms with Gasteiger partial charge in [-0.15, -0.1) is 0 Å². The maximum absolute atomic E-state index is 14.1. The standard InChI is InChI=1S/C14H16F3NO2/c15-12-3-1-2-11(8-12)14(16,17)9-18-6-4-10(5-7-18)13(19)20/h1-3,8,10H,4-7,9H2,(H,19,20). The Hall–Kier alpha value is -1.56. The van der Waals surface area contributed by atoms with E-state index in [9.17, 15) is 18.0 Å². The van der Waals surface area contributed by atoms with Crippen LogP contribution < -0.4 is 0 Å². The summed E-state index contributed by atoms with van der Waals surface area (Å²) in [5.74, 6) is -5.15. The Balaban J connectivity index is 1.97. The second-order valence-electron chi connectivity index (χ2n) is 5.10. The largest absolute Gasteiger partial charge is 0.481 e. The number of rotatable bonds is 4. The van der Waals surface area contributed by atoms with Crippen molar-refractivity contribution < 1.29 is 23.1 Å². The summed E-state index contributed by atoms with van der Waals surface area (Å²) in [5, 5.41) is 8.86. The number of benzene rings is 1. The summed E-state index contributed by atoms with van der Waals surface area (Å²) in [5.41, 5.74) is -0.349. The molecular formula is C14H16F3NO2. The highest BCUT2D eigenvalue weighted by molar-refractivity contribution is 5.70. The van der Waals surface area contributed by atoms with Gasteiger partial charge < -0.3 is 5.11 Å². The highest BCUT2D eigenvalue weighted by Crippen LogP contribution is 2.31. The summed E-state index contributed by atoms with van der Waals surface area (Å²) in [7, 11) is 0. The lowest BCUT2D eigenvalue weighted by Gasteiger charge is -2.32. The first-order valence-electron chi connectivity index (χ1n) is 6.47. The molecule has 1 aliphatic heterocycles. The molecular weight excluding hydrogens is 271 g/mol. The molecule has 1 heterocycles. The van der Waals surface area contributed by atoms with Gasteiger partial charge in [-0.2, -0.15) is 8.78 Å². The van der Waals surface area contributed by atoms with Crippen molar-refractivity contribution in [3.05, 3.63) is 35.6 Å². The molecule has 0 saturated carbocycles. The Labute approximate surface area is 115 Å². The molecule has 0 atom stereocenters. The minimum atomic E-state index is -3.14. The minimum Gasteiger partial charge on any atom is -0.481 e. The number of nitrogens with zero attached hydrogens (tertiary/aromatic N) is 1. The van der Waals surface area contributed by atoms with Crippen LogP contribution in [0.3, 0.4) is 0 Å². The van der Waals surface area contributed by atoms with E-state index in [4.69, 9.17) is 5.11 Å². The molecule has 0 spiro atoms. The van der Waals surface area contributed by atoms with Crippen molar-refractivity contribution in [2.45, 2.75) is 18.8 Å². The molecule has 0 aliphatic carbocycles. The van der Waals surface area contributed by atoms with Gasteiger partial charge in [0.15, 0.2) is 0 Å². The van der Waals surface area contributed by atoms with E-state index in [0.717, 1.165) is 12.1 Å². The molecule has 0 unspecified atom stereocenters. The van der Waals surface area contributed by atoms with E-state index < -0.39 is 30.2 Å². The molecule has 110 valence electrons. The fraction of sp³-hybridized carbons (Fsp3) is 0.500. The Morgan fingerprint density at radius 2 is 2.00 bits per heavy atom. The molecule has 2 rings (SSSR count). The molecule has 0 radical (unpaired) electrons. The third kappa shape index (κ3) is 3.50. The zero-order valence-corrected chi connectivity index (χ0v) is 10.9. The van der Waals surface area contributed by atoms with E-state index >= 15 is 0 Å². The number of carbonyl (C=O) groups is 1. The first kappa shape index (κ1) is 14.8. The summed E-state index contributed by atoms with van der Waals surface area (Å²) in [6.45, 7) is 0.131. The van der Waals surface area contributed by atoms with Crippen molar-refractivity contribution in [3.8, 4) is 0 Å². The lowest BCUT2D eigenvalue weighted by molar-refractivity contribution is -0.143. The molecule has 0 amide bonds. The third-order valence-electron chi connectivity index (χ3n) is 3.61. The van der Waals surface area contributed by atoms with E-state index in [1.807, 2.05) is 0 Å². The number of hydrogen-bond donors (Lipinski definition) is 1. The van der Waals surface area contributed by atoms with Gasteiger partial charge in [-0.05, 0) is 38.1 Å². The molecule has 6 heteroatoms. The zero-order valence-electron chi connectivity index (χ0n) is 10.9. The van der Waals surface area contributed by atoms with Crippen LogP contribution in [-0.2, 0) is 10.7 Å². The second-order valence-corrected chi connectivity index (χ2v) is 5.10. The van der Waals surface area contributed by atoms with E-state index in [1.54, 1.807) is 0 Å². The van der Waals surface area contributed by atoms with Gasteiger partial charge in [-0.3, -0.25) is 9.69 Å². The lowest BCUT2D eigenvalue weighted by atomic mass is 9.96. The summed E-state index contributed by atoms with van der Waals surface area (Å²) in [4.78, 5) is 12.3.